The Labute approximate surface area is 134 Å². The maximum atomic E-state index is 13.3. The first-order valence-corrected chi connectivity index (χ1v) is 7.34. The van der Waals surface area contributed by atoms with Crippen LogP contribution < -0.4 is 16.9 Å². The van der Waals surface area contributed by atoms with E-state index >= 15 is 0 Å². The number of halogens is 1. The highest BCUT2D eigenvalue weighted by molar-refractivity contribution is 5.62. The quantitative estimate of drug-likeness (QED) is 0.359. The van der Waals surface area contributed by atoms with Crippen LogP contribution in [0.3, 0.4) is 0 Å². The average molecular weight is 326 g/mol. The molecule has 0 saturated carbocycles. The minimum atomic E-state index is -0.980. The first-order chi connectivity index (χ1) is 11.0. The Morgan fingerprint density at radius 1 is 1.57 bits per heavy atom. The van der Waals surface area contributed by atoms with Gasteiger partial charge in [0.25, 0.3) is 0 Å². The monoisotopic (exact) mass is 326 g/mol. The highest BCUT2D eigenvalue weighted by atomic mass is 19.1. The van der Waals surface area contributed by atoms with Crippen molar-refractivity contribution in [3.63, 3.8) is 0 Å². The minimum Gasteiger partial charge on any atom is -0.397 e. The van der Waals surface area contributed by atoms with Crippen molar-refractivity contribution in [1.82, 2.24) is 10.3 Å². The molecule has 7 N–H and O–H groups in total. The topological polar surface area (TPSA) is 117 Å². The van der Waals surface area contributed by atoms with Crippen molar-refractivity contribution in [3.05, 3.63) is 41.8 Å². The van der Waals surface area contributed by atoms with E-state index in [0.29, 0.717) is 12.0 Å². The third kappa shape index (κ3) is 4.18. The van der Waals surface area contributed by atoms with Crippen LogP contribution in [0.4, 0.5) is 4.39 Å². The summed E-state index contributed by atoms with van der Waals surface area (Å²) >= 11 is 0. The first kappa shape index (κ1) is 17.6. The summed E-state index contributed by atoms with van der Waals surface area (Å²) < 4.78 is 18.7. The molecule has 128 valence electrons. The summed E-state index contributed by atoms with van der Waals surface area (Å²) in [5.74, 6) is 5.61. The lowest BCUT2D eigenvalue weighted by Crippen LogP contribution is -2.59. The Kier molecular flexibility index (Phi) is 5.91. The summed E-state index contributed by atoms with van der Waals surface area (Å²) in [6, 6.07) is 5.32. The molecule has 1 fully saturated rings. The van der Waals surface area contributed by atoms with Crippen LogP contribution in [0, 0.1) is 5.82 Å². The van der Waals surface area contributed by atoms with Gasteiger partial charge in [0, 0.05) is 18.2 Å². The summed E-state index contributed by atoms with van der Waals surface area (Å²) in [5, 5.41) is 23.8. The van der Waals surface area contributed by atoms with Gasteiger partial charge < -0.3 is 25.7 Å². The van der Waals surface area contributed by atoms with Gasteiger partial charge in [0.05, 0.1) is 18.3 Å². The Bertz CT molecular complexity index is 557. The number of hydrazine groups is 1. The van der Waals surface area contributed by atoms with Crippen LogP contribution in [0.2, 0.25) is 0 Å². The van der Waals surface area contributed by atoms with E-state index in [1.54, 1.807) is 19.2 Å². The van der Waals surface area contributed by atoms with E-state index in [1.807, 2.05) is 0 Å². The fraction of sp³-hybridized carbons (Fsp3) is 0.467. The molecule has 0 spiro atoms. The van der Waals surface area contributed by atoms with Crippen LogP contribution in [0.25, 0.3) is 5.70 Å². The van der Waals surface area contributed by atoms with E-state index in [1.165, 1.54) is 23.3 Å². The highest BCUT2D eigenvalue weighted by Gasteiger charge is 2.38. The lowest BCUT2D eigenvalue weighted by Gasteiger charge is -2.42. The lowest BCUT2D eigenvalue weighted by atomic mass is 9.97. The van der Waals surface area contributed by atoms with Crippen LogP contribution in [0.15, 0.2) is 30.5 Å². The fourth-order valence-electron chi connectivity index (χ4n) is 2.59. The number of ether oxygens (including phenoxy) is 1. The largest absolute Gasteiger partial charge is 0.397 e. The van der Waals surface area contributed by atoms with E-state index in [-0.39, 0.29) is 18.5 Å². The van der Waals surface area contributed by atoms with E-state index in [2.05, 4.69) is 5.32 Å². The summed E-state index contributed by atoms with van der Waals surface area (Å²) in [4.78, 5) is 0. The zero-order valence-electron chi connectivity index (χ0n) is 12.9. The van der Waals surface area contributed by atoms with Gasteiger partial charge in [-0.3, -0.25) is 5.32 Å². The summed E-state index contributed by atoms with van der Waals surface area (Å²) in [6.07, 6.45) is -0.241. The number of benzene rings is 1. The number of nitrogens with zero attached hydrogens (tertiary/aromatic N) is 1. The molecule has 0 radical (unpaired) electrons. The van der Waals surface area contributed by atoms with E-state index in [4.69, 9.17) is 16.3 Å². The van der Waals surface area contributed by atoms with Gasteiger partial charge in [-0.1, -0.05) is 12.1 Å². The van der Waals surface area contributed by atoms with Gasteiger partial charge in [-0.2, -0.15) is 0 Å². The van der Waals surface area contributed by atoms with Crippen LogP contribution >= 0.6 is 0 Å². The minimum absolute atomic E-state index is 0.271. The molecule has 0 bridgehead atoms. The van der Waals surface area contributed by atoms with Gasteiger partial charge in [-0.15, -0.1) is 0 Å². The number of nitrogens with one attached hydrogen (secondary N) is 1. The molecule has 4 unspecified atom stereocenters. The van der Waals surface area contributed by atoms with Crippen LogP contribution in [0.5, 0.6) is 0 Å². The Balaban J connectivity index is 2.17. The predicted octanol–water partition coefficient (Wildman–Crippen LogP) is -0.685. The number of hydrogen-bond acceptors (Lipinski definition) is 7. The SMILES string of the molecule is CNC1CC(N(N)/C=C(\N)c2cccc(F)c2)C(O)C(CO)O1. The molecule has 0 aliphatic carbocycles. The zero-order chi connectivity index (χ0) is 17.0. The van der Waals surface area contributed by atoms with Gasteiger partial charge in [0.15, 0.2) is 0 Å². The van der Waals surface area contributed by atoms with Crippen molar-refractivity contribution in [1.29, 1.82) is 0 Å². The van der Waals surface area contributed by atoms with Crippen LogP contribution in [0.1, 0.15) is 12.0 Å². The number of nitrogens with two attached hydrogens (primary N) is 2. The number of rotatable bonds is 5. The van der Waals surface area contributed by atoms with Gasteiger partial charge >= 0.3 is 0 Å². The molecule has 0 amide bonds. The fourth-order valence-corrected chi connectivity index (χ4v) is 2.59. The van der Waals surface area contributed by atoms with E-state index < -0.39 is 24.1 Å². The van der Waals surface area contributed by atoms with Crippen molar-refractivity contribution in [2.24, 2.45) is 11.6 Å². The lowest BCUT2D eigenvalue weighted by molar-refractivity contribution is -0.167. The van der Waals surface area contributed by atoms with Crippen LogP contribution in [-0.2, 0) is 4.74 Å². The normalized spacial score (nSPS) is 28.7. The molecule has 1 aliphatic heterocycles. The van der Waals surface area contributed by atoms with Gasteiger partial charge in [-0.25, -0.2) is 10.2 Å². The molecule has 1 aromatic carbocycles. The summed E-state index contributed by atoms with van der Waals surface area (Å²) in [5.41, 5.74) is 6.71. The second kappa shape index (κ2) is 7.71. The van der Waals surface area contributed by atoms with Crippen LogP contribution in [-0.4, -0.2) is 53.4 Å². The van der Waals surface area contributed by atoms with Crippen molar-refractivity contribution < 1.29 is 19.3 Å². The Hall–Kier alpha value is -1.71. The Morgan fingerprint density at radius 2 is 2.30 bits per heavy atom. The average Bonchev–Trinajstić information content (AvgIpc) is 2.54. The summed E-state index contributed by atoms with van der Waals surface area (Å²) in [7, 11) is 1.71. The predicted molar refractivity (Wildman–Crippen MR) is 83.8 cm³/mol. The molecule has 1 aliphatic rings. The molecule has 1 heterocycles. The number of hydrogen-bond donors (Lipinski definition) is 5. The van der Waals surface area contributed by atoms with Gasteiger partial charge in [-0.05, 0) is 19.2 Å². The third-order valence-electron chi connectivity index (χ3n) is 3.90. The van der Waals surface area contributed by atoms with Crippen molar-refractivity contribution in [2.45, 2.75) is 30.9 Å². The molecule has 4 atom stereocenters. The zero-order valence-corrected chi connectivity index (χ0v) is 12.9. The molecule has 0 aromatic heterocycles. The molecular weight excluding hydrogens is 303 g/mol. The third-order valence-corrected chi connectivity index (χ3v) is 3.90. The first-order valence-electron chi connectivity index (χ1n) is 7.34. The molecule has 8 heteroatoms. The van der Waals surface area contributed by atoms with Crippen molar-refractivity contribution >= 4 is 5.70 Å². The molecular formula is C15H23FN4O3. The Morgan fingerprint density at radius 3 is 2.91 bits per heavy atom. The maximum Gasteiger partial charge on any atom is 0.123 e. The van der Waals surface area contributed by atoms with Crippen molar-refractivity contribution in [2.75, 3.05) is 13.7 Å². The standard InChI is InChI=1S/C15H23FN4O3/c1-19-14-6-12(15(22)13(8-21)23-14)20(18)7-11(17)9-3-2-4-10(16)5-9/h2-5,7,12-15,19,21-22H,6,8,17-18H2,1H3/b11-7-. The van der Waals surface area contributed by atoms with E-state index in [0.717, 1.165) is 0 Å². The second-order valence-corrected chi connectivity index (χ2v) is 5.47. The molecule has 1 saturated heterocycles. The maximum absolute atomic E-state index is 13.3. The second-order valence-electron chi connectivity index (χ2n) is 5.47. The van der Waals surface area contributed by atoms with Gasteiger partial charge in [0.1, 0.15) is 24.3 Å². The van der Waals surface area contributed by atoms with E-state index in [9.17, 15) is 14.6 Å². The van der Waals surface area contributed by atoms with Gasteiger partial charge in [0.2, 0.25) is 0 Å². The smallest absolute Gasteiger partial charge is 0.123 e. The molecule has 23 heavy (non-hydrogen) atoms. The molecule has 1 aromatic rings. The molecule has 2 rings (SSSR count). The highest BCUT2D eigenvalue weighted by Crippen LogP contribution is 2.23. The number of aliphatic hydroxyl groups is 2. The van der Waals surface area contributed by atoms with Crippen molar-refractivity contribution in [3.8, 4) is 0 Å². The molecule has 7 nitrogen and oxygen atoms in total. The summed E-state index contributed by atoms with van der Waals surface area (Å²) in [6.45, 7) is -0.327. The number of aliphatic hydroxyl groups excluding tert-OH is 2.